The lowest BCUT2D eigenvalue weighted by Crippen LogP contribution is -2.02. The standard InChI is InChI=1S/C22H19ClN4O/c1-13-9-16(23)10-14(2)20(13)26-22-18-11-17(28-3)6-7-19(18)25-21(27-22)15-5-4-8-24-12-15/h4-12H,1-3H3,(H,25,26,27). The van der Waals surface area contributed by atoms with Gasteiger partial charge >= 0.3 is 0 Å². The number of anilines is 2. The highest BCUT2D eigenvalue weighted by Gasteiger charge is 2.13. The minimum atomic E-state index is 0.609. The number of methoxy groups -OCH3 is 1. The monoisotopic (exact) mass is 390 g/mol. The van der Waals surface area contributed by atoms with Gasteiger partial charge in [-0.3, -0.25) is 4.98 Å². The summed E-state index contributed by atoms with van der Waals surface area (Å²) in [6, 6.07) is 13.4. The van der Waals surface area contributed by atoms with Crippen molar-refractivity contribution in [3.63, 3.8) is 0 Å². The number of pyridine rings is 1. The van der Waals surface area contributed by atoms with Crippen molar-refractivity contribution in [2.75, 3.05) is 12.4 Å². The van der Waals surface area contributed by atoms with E-state index in [1.165, 1.54) is 0 Å². The van der Waals surface area contributed by atoms with Crippen molar-refractivity contribution in [1.82, 2.24) is 15.0 Å². The summed E-state index contributed by atoms with van der Waals surface area (Å²) in [6.45, 7) is 4.04. The molecule has 1 N–H and O–H groups in total. The van der Waals surface area contributed by atoms with Crippen molar-refractivity contribution >= 4 is 34.0 Å². The predicted octanol–water partition coefficient (Wildman–Crippen LogP) is 5.71. The molecule has 140 valence electrons. The number of benzene rings is 2. The van der Waals surface area contributed by atoms with Crippen LogP contribution in [0.15, 0.2) is 54.9 Å². The lowest BCUT2D eigenvalue weighted by Gasteiger charge is -2.16. The van der Waals surface area contributed by atoms with Crippen LogP contribution < -0.4 is 10.1 Å². The van der Waals surface area contributed by atoms with Gasteiger partial charge in [0.25, 0.3) is 0 Å². The van der Waals surface area contributed by atoms with Gasteiger partial charge in [0.2, 0.25) is 0 Å². The van der Waals surface area contributed by atoms with Crippen LogP contribution in [0, 0.1) is 13.8 Å². The molecule has 2 aromatic carbocycles. The topological polar surface area (TPSA) is 59.9 Å². The van der Waals surface area contributed by atoms with E-state index >= 15 is 0 Å². The smallest absolute Gasteiger partial charge is 0.163 e. The quantitative estimate of drug-likeness (QED) is 0.483. The summed E-state index contributed by atoms with van der Waals surface area (Å²) in [5.74, 6) is 2.06. The van der Waals surface area contributed by atoms with Crippen molar-refractivity contribution in [3.8, 4) is 17.1 Å². The van der Waals surface area contributed by atoms with Crippen LogP contribution in [0.1, 0.15) is 11.1 Å². The third-order valence-electron chi connectivity index (χ3n) is 4.56. The maximum Gasteiger partial charge on any atom is 0.163 e. The van der Waals surface area contributed by atoms with Gasteiger partial charge < -0.3 is 10.1 Å². The molecule has 0 spiro atoms. The van der Waals surface area contributed by atoms with Gasteiger partial charge in [-0.1, -0.05) is 11.6 Å². The van der Waals surface area contributed by atoms with E-state index in [0.29, 0.717) is 16.7 Å². The average Bonchev–Trinajstić information content (AvgIpc) is 2.70. The van der Waals surface area contributed by atoms with E-state index in [1.807, 2.05) is 56.3 Å². The van der Waals surface area contributed by atoms with E-state index in [0.717, 1.165) is 39.0 Å². The zero-order valence-electron chi connectivity index (χ0n) is 15.8. The minimum absolute atomic E-state index is 0.609. The Morgan fingerprint density at radius 1 is 1.00 bits per heavy atom. The van der Waals surface area contributed by atoms with Crippen LogP contribution in [-0.4, -0.2) is 22.1 Å². The van der Waals surface area contributed by atoms with Crippen molar-refractivity contribution in [1.29, 1.82) is 0 Å². The molecule has 0 aliphatic rings. The normalized spacial score (nSPS) is 10.9. The van der Waals surface area contributed by atoms with E-state index in [2.05, 4.69) is 10.3 Å². The molecule has 0 aliphatic heterocycles. The number of aromatic nitrogens is 3. The van der Waals surface area contributed by atoms with Crippen LogP contribution >= 0.6 is 11.6 Å². The summed E-state index contributed by atoms with van der Waals surface area (Å²) in [7, 11) is 1.65. The average molecular weight is 391 g/mol. The second-order valence-electron chi connectivity index (χ2n) is 6.56. The first-order chi connectivity index (χ1) is 13.5. The van der Waals surface area contributed by atoms with Gasteiger partial charge in [0, 0.05) is 34.1 Å². The largest absolute Gasteiger partial charge is 0.497 e. The van der Waals surface area contributed by atoms with Crippen LogP contribution in [0.5, 0.6) is 5.75 Å². The maximum absolute atomic E-state index is 6.19. The zero-order valence-corrected chi connectivity index (χ0v) is 16.6. The number of aryl methyl sites for hydroxylation is 2. The molecule has 4 rings (SSSR count). The van der Waals surface area contributed by atoms with Gasteiger partial charge in [-0.2, -0.15) is 0 Å². The van der Waals surface area contributed by atoms with E-state index < -0.39 is 0 Å². The van der Waals surface area contributed by atoms with Crippen LogP contribution in [0.2, 0.25) is 5.02 Å². The summed E-state index contributed by atoms with van der Waals surface area (Å²) in [4.78, 5) is 13.7. The lowest BCUT2D eigenvalue weighted by atomic mass is 10.1. The minimum Gasteiger partial charge on any atom is -0.497 e. The number of hydrogen-bond donors (Lipinski definition) is 1. The first-order valence-electron chi connectivity index (χ1n) is 8.85. The van der Waals surface area contributed by atoms with E-state index in [9.17, 15) is 0 Å². The van der Waals surface area contributed by atoms with Gasteiger partial charge in [-0.05, 0) is 67.4 Å². The van der Waals surface area contributed by atoms with Gasteiger partial charge in [0.15, 0.2) is 5.82 Å². The molecule has 0 aliphatic carbocycles. The highest BCUT2D eigenvalue weighted by Crippen LogP contribution is 2.33. The Kier molecular flexibility index (Phi) is 4.84. The van der Waals surface area contributed by atoms with Crippen LogP contribution in [-0.2, 0) is 0 Å². The van der Waals surface area contributed by atoms with E-state index in [-0.39, 0.29) is 0 Å². The van der Waals surface area contributed by atoms with Crippen LogP contribution in [0.4, 0.5) is 11.5 Å². The molecule has 0 saturated heterocycles. The first kappa shape index (κ1) is 18.2. The zero-order chi connectivity index (χ0) is 19.7. The molecule has 0 unspecified atom stereocenters. The number of halogens is 1. The van der Waals surface area contributed by atoms with E-state index in [4.69, 9.17) is 26.3 Å². The fourth-order valence-corrected chi connectivity index (χ4v) is 3.51. The number of nitrogens with zero attached hydrogens (tertiary/aromatic N) is 3. The molecule has 0 bridgehead atoms. The number of nitrogens with one attached hydrogen (secondary N) is 1. The molecule has 28 heavy (non-hydrogen) atoms. The number of fused-ring (bicyclic) bond motifs is 1. The van der Waals surface area contributed by atoms with Crippen molar-refractivity contribution in [2.45, 2.75) is 13.8 Å². The molecule has 0 amide bonds. The lowest BCUT2D eigenvalue weighted by molar-refractivity contribution is 0.415. The Bertz CT molecular complexity index is 1140. The highest BCUT2D eigenvalue weighted by molar-refractivity contribution is 6.30. The molecule has 0 fully saturated rings. The Balaban J connectivity index is 1.92. The van der Waals surface area contributed by atoms with Gasteiger partial charge in [-0.25, -0.2) is 9.97 Å². The van der Waals surface area contributed by atoms with Gasteiger partial charge in [0.05, 0.1) is 12.6 Å². The summed E-state index contributed by atoms with van der Waals surface area (Å²) in [5, 5.41) is 5.08. The first-order valence-corrected chi connectivity index (χ1v) is 9.23. The fourth-order valence-electron chi connectivity index (χ4n) is 3.18. The van der Waals surface area contributed by atoms with E-state index in [1.54, 1.807) is 19.5 Å². The number of ether oxygens (including phenoxy) is 1. The molecule has 2 heterocycles. The van der Waals surface area contributed by atoms with Crippen molar-refractivity contribution in [3.05, 3.63) is 71.0 Å². The maximum atomic E-state index is 6.19. The Hall–Kier alpha value is -3.18. The molecular weight excluding hydrogens is 372 g/mol. The summed E-state index contributed by atoms with van der Waals surface area (Å²) < 4.78 is 5.39. The Labute approximate surface area is 168 Å². The fraction of sp³-hybridized carbons (Fsp3) is 0.136. The van der Waals surface area contributed by atoms with Crippen LogP contribution in [0.25, 0.3) is 22.3 Å². The molecular formula is C22H19ClN4O. The SMILES string of the molecule is COc1ccc2nc(-c3cccnc3)nc(Nc3c(C)cc(Cl)cc3C)c2c1. The van der Waals surface area contributed by atoms with Crippen LogP contribution in [0.3, 0.4) is 0 Å². The third-order valence-corrected chi connectivity index (χ3v) is 4.78. The molecule has 0 saturated carbocycles. The van der Waals surface area contributed by atoms with Gasteiger partial charge in [-0.15, -0.1) is 0 Å². The second-order valence-corrected chi connectivity index (χ2v) is 7.00. The second kappa shape index (κ2) is 7.44. The predicted molar refractivity (Wildman–Crippen MR) is 114 cm³/mol. The molecule has 0 radical (unpaired) electrons. The molecule has 0 atom stereocenters. The number of rotatable bonds is 4. The molecule has 6 heteroatoms. The summed E-state index contributed by atoms with van der Waals surface area (Å²) >= 11 is 6.19. The number of hydrogen-bond acceptors (Lipinski definition) is 5. The molecule has 2 aromatic heterocycles. The van der Waals surface area contributed by atoms with Gasteiger partial charge in [0.1, 0.15) is 11.6 Å². The highest BCUT2D eigenvalue weighted by atomic mass is 35.5. The van der Waals surface area contributed by atoms with Crippen molar-refractivity contribution in [2.24, 2.45) is 0 Å². The van der Waals surface area contributed by atoms with Crippen molar-refractivity contribution < 1.29 is 4.74 Å². The summed E-state index contributed by atoms with van der Waals surface area (Å²) in [6.07, 6.45) is 3.49. The third kappa shape index (κ3) is 3.49. The Morgan fingerprint density at radius 3 is 2.46 bits per heavy atom. The Morgan fingerprint density at radius 2 is 1.79 bits per heavy atom. The molecule has 5 nitrogen and oxygen atoms in total. The summed E-state index contributed by atoms with van der Waals surface area (Å²) in [5.41, 5.74) is 4.74. The molecule has 4 aromatic rings.